The van der Waals surface area contributed by atoms with Gasteiger partial charge in [0.25, 0.3) is 0 Å². The lowest BCUT2D eigenvalue weighted by atomic mass is 10.2. The van der Waals surface area contributed by atoms with Gasteiger partial charge in [-0.1, -0.05) is 13.8 Å². The van der Waals surface area contributed by atoms with E-state index >= 15 is 0 Å². The molecule has 0 saturated carbocycles. The fourth-order valence-electron chi connectivity index (χ4n) is 1.44. The van der Waals surface area contributed by atoms with Gasteiger partial charge in [0, 0.05) is 6.54 Å². The number of nitrogens with one attached hydrogen (secondary N) is 2. The van der Waals surface area contributed by atoms with Crippen LogP contribution in [0.2, 0.25) is 0 Å². The van der Waals surface area contributed by atoms with Crippen molar-refractivity contribution in [3.63, 3.8) is 0 Å². The smallest absolute Gasteiger partial charge is 0.241 e. The summed E-state index contributed by atoms with van der Waals surface area (Å²) in [6.45, 7) is 4.13. The average Bonchev–Trinajstić information content (AvgIpc) is 2.42. The predicted octanol–water partition coefficient (Wildman–Crippen LogP) is 1.51. The summed E-state index contributed by atoms with van der Waals surface area (Å²) in [6.07, 6.45) is 0. The first kappa shape index (κ1) is 17.9. The Kier molecular flexibility index (Phi) is 6.63. The summed E-state index contributed by atoms with van der Waals surface area (Å²) in [4.78, 5) is 11.6. The molecule has 0 heterocycles. The van der Waals surface area contributed by atoms with Crippen LogP contribution in [0, 0.1) is 5.92 Å². The first-order valence-corrected chi connectivity index (χ1v) is 8.63. The molecule has 0 atom stereocenters. The normalized spacial score (nSPS) is 11.5. The zero-order valence-corrected chi connectivity index (χ0v) is 14.5. The third-order valence-electron chi connectivity index (χ3n) is 2.56. The Morgan fingerprint density at radius 2 is 2.05 bits per heavy atom. The molecule has 118 valence electrons. The average molecular weight is 379 g/mol. The molecule has 0 radical (unpaired) electrons. The number of methoxy groups -OCH3 is 1. The number of halogens is 1. The number of benzene rings is 1. The molecular formula is C13H19BrN2O4S. The van der Waals surface area contributed by atoms with Crippen LogP contribution < -0.4 is 14.8 Å². The molecule has 0 spiro atoms. The maximum absolute atomic E-state index is 12.1. The SMILES string of the molecule is COc1ccc(S(=O)(=O)NCC(=O)NCC(C)C)cc1Br. The highest BCUT2D eigenvalue weighted by Crippen LogP contribution is 2.27. The molecule has 1 aromatic rings. The third kappa shape index (κ3) is 5.64. The van der Waals surface area contributed by atoms with E-state index in [9.17, 15) is 13.2 Å². The van der Waals surface area contributed by atoms with E-state index in [2.05, 4.69) is 26.0 Å². The number of rotatable bonds is 7. The second kappa shape index (κ2) is 7.77. The predicted molar refractivity (Wildman–Crippen MR) is 83.7 cm³/mol. The minimum atomic E-state index is -3.74. The molecule has 1 aromatic carbocycles. The van der Waals surface area contributed by atoms with E-state index in [0.717, 1.165) is 0 Å². The molecule has 0 bridgehead atoms. The monoisotopic (exact) mass is 378 g/mol. The lowest BCUT2D eigenvalue weighted by Crippen LogP contribution is -2.38. The highest BCUT2D eigenvalue weighted by molar-refractivity contribution is 9.10. The first-order chi connectivity index (χ1) is 9.76. The molecule has 0 fully saturated rings. The summed E-state index contributed by atoms with van der Waals surface area (Å²) in [5.74, 6) is 0.478. The molecule has 0 saturated heterocycles. The molecule has 8 heteroatoms. The lowest BCUT2D eigenvalue weighted by Gasteiger charge is -2.10. The Morgan fingerprint density at radius 3 is 2.57 bits per heavy atom. The van der Waals surface area contributed by atoms with Crippen LogP contribution in [0.25, 0.3) is 0 Å². The van der Waals surface area contributed by atoms with E-state index in [1.807, 2.05) is 13.8 Å². The second-order valence-corrected chi connectivity index (χ2v) is 7.44. The summed E-state index contributed by atoms with van der Waals surface area (Å²) in [7, 11) is -2.25. The fraction of sp³-hybridized carbons (Fsp3) is 0.462. The third-order valence-corrected chi connectivity index (χ3v) is 4.58. The molecular weight excluding hydrogens is 360 g/mol. The molecule has 0 aliphatic heterocycles. The van der Waals surface area contributed by atoms with Gasteiger partial charge in [-0.3, -0.25) is 4.79 Å². The number of hydrogen-bond acceptors (Lipinski definition) is 4. The van der Waals surface area contributed by atoms with Crippen molar-refractivity contribution in [3.05, 3.63) is 22.7 Å². The summed E-state index contributed by atoms with van der Waals surface area (Å²) in [5, 5.41) is 2.64. The van der Waals surface area contributed by atoms with Gasteiger partial charge in [-0.05, 0) is 40.0 Å². The van der Waals surface area contributed by atoms with Gasteiger partial charge < -0.3 is 10.1 Å². The maximum Gasteiger partial charge on any atom is 0.241 e. The molecule has 21 heavy (non-hydrogen) atoms. The summed E-state index contributed by atoms with van der Waals surface area (Å²) >= 11 is 3.22. The van der Waals surface area contributed by atoms with Crippen LogP contribution in [0.15, 0.2) is 27.6 Å². The number of carbonyl (C=O) groups excluding carboxylic acids is 1. The van der Waals surface area contributed by atoms with Crippen molar-refractivity contribution < 1.29 is 17.9 Å². The van der Waals surface area contributed by atoms with E-state index < -0.39 is 10.0 Å². The Bertz CT molecular complexity index is 602. The second-order valence-electron chi connectivity index (χ2n) is 4.82. The Labute approximate surface area is 133 Å². The van der Waals surface area contributed by atoms with Gasteiger partial charge in [-0.2, -0.15) is 0 Å². The van der Waals surface area contributed by atoms with Crippen LogP contribution in [-0.2, 0) is 14.8 Å². The summed E-state index contributed by atoms with van der Waals surface area (Å²) in [5.41, 5.74) is 0. The van der Waals surface area contributed by atoms with Crippen LogP contribution in [0.1, 0.15) is 13.8 Å². The van der Waals surface area contributed by atoms with Crippen LogP contribution in [-0.4, -0.2) is 34.5 Å². The van der Waals surface area contributed by atoms with Crippen molar-refractivity contribution >= 4 is 31.9 Å². The van der Waals surface area contributed by atoms with E-state index in [0.29, 0.717) is 22.7 Å². The van der Waals surface area contributed by atoms with Crippen molar-refractivity contribution in [1.29, 1.82) is 0 Å². The quantitative estimate of drug-likeness (QED) is 0.752. The Hall–Kier alpha value is -1.12. The summed E-state index contributed by atoms with van der Waals surface area (Å²) < 4.78 is 32.0. The van der Waals surface area contributed by atoms with Crippen LogP contribution in [0.4, 0.5) is 0 Å². The van der Waals surface area contributed by atoms with Gasteiger partial charge in [-0.25, -0.2) is 13.1 Å². The van der Waals surface area contributed by atoms with Crippen LogP contribution >= 0.6 is 15.9 Å². The number of ether oxygens (including phenoxy) is 1. The fourth-order valence-corrected chi connectivity index (χ4v) is 3.14. The molecule has 2 N–H and O–H groups in total. The van der Waals surface area contributed by atoms with E-state index in [1.165, 1.54) is 25.3 Å². The largest absolute Gasteiger partial charge is 0.496 e. The highest BCUT2D eigenvalue weighted by Gasteiger charge is 2.17. The number of hydrogen-bond donors (Lipinski definition) is 2. The van der Waals surface area contributed by atoms with Crippen molar-refractivity contribution in [2.75, 3.05) is 20.2 Å². The zero-order valence-electron chi connectivity index (χ0n) is 12.1. The van der Waals surface area contributed by atoms with E-state index in [1.54, 1.807) is 0 Å². The summed E-state index contributed by atoms with van der Waals surface area (Å²) in [6, 6.07) is 4.38. The maximum atomic E-state index is 12.1. The molecule has 0 aliphatic carbocycles. The van der Waals surface area contributed by atoms with Crippen LogP contribution in [0.3, 0.4) is 0 Å². The number of amides is 1. The van der Waals surface area contributed by atoms with Gasteiger partial charge in [-0.15, -0.1) is 0 Å². The van der Waals surface area contributed by atoms with Crippen molar-refractivity contribution in [2.45, 2.75) is 18.7 Å². The first-order valence-electron chi connectivity index (χ1n) is 6.36. The van der Waals surface area contributed by atoms with Gasteiger partial charge in [0.15, 0.2) is 0 Å². The minimum absolute atomic E-state index is 0.0619. The van der Waals surface area contributed by atoms with E-state index in [4.69, 9.17) is 4.74 Å². The van der Waals surface area contributed by atoms with Gasteiger partial charge >= 0.3 is 0 Å². The topological polar surface area (TPSA) is 84.5 Å². The number of sulfonamides is 1. The molecule has 1 rings (SSSR count). The Morgan fingerprint density at radius 1 is 1.38 bits per heavy atom. The molecule has 0 unspecified atom stereocenters. The van der Waals surface area contributed by atoms with Crippen LogP contribution in [0.5, 0.6) is 5.75 Å². The van der Waals surface area contributed by atoms with Crippen molar-refractivity contribution in [3.8, 4) is 5.75 Å². The molecule has 1 amide bonds. The lowest BCUT2D eigenvalue weighted by molar-refractivity contribution is -0.120. The van der Waals surface area contributed by atoms with Crippen molar-refractivity contribution in [2.24, 2.45) is 5.92 Å². The number of carbonyl (C=O) groups is 1. The van der Waals surface area contributed by atoms with Gasteiger partial charge in [0.2, 0.25) is 15.9 Å². The molecule has 0 aliphatic rings. The van der Waals surface area contributed by atoms with Crippen molar-refractivity contribution in [1.82, 2.24) is 10.0 Å². The highest BCUT2D eigenvalue weighted by atomic mass is 79.9. The standard InChI is InChI=1S/C13H19BrN2O4S/c1-9(2)7-15-13(17)8-16-21(18,19)10-4-5-12(20-3)11(14)6-10/h4-6,9,16H,7-8H2,1-3H3,(H,15,17). The van der Waals surface area contributed by atoms with E-state index in [-0.39, 0.29) is 17.3 Å². The van der Waals surface area contributed by atoms with Gasteiger partial charge in [0.1, 0.15) is 5.75 Å². The van der Waals surface area contributed by atoms with Gasteiger partial charge in [0.05, 0.1) is 23.0 Å². The zero-order chi connectivity index (χ0) is 16.0. The molecule has 0 aromatic heterocycles. The molecule has 6 nitrogen and oxygen atoms in total. The Balaban J connectivity index is 2.69. The minimum Gasteiger partial charge on any atom is -0.496 e.